The molecule has 0 bridgehead atoms. The second-order valence-electron chi connectivity index (χ2n) is 6.96. The molecular formula is C22H19ClO6. The smallest absolute Gasteiger partial charge is 0.336 e. The van der Waals surface area contributed by atoms with Gasteiger partial charge >= 0.3 is 11.6 Å². The molecule has 0 radical (unpaired) electrons. The Labute approximate surface area is 171 Å². The predicted molar refractivity (Wildman–Crippen MR) is 108 cm³/mol. The second kappa shape index (κ2) is 7.79. The molecule has 0 fully saturated rings. The van der Waals surface area contributed by atoms with Gasteiger partial charge in [-0.05, 0) is 54.8 Å². The molecule has 0 spiro atoms. The quantitative estimate of drug-likeness (QED) is 0.472. The lowest BCUT2D eigenvalue weighted by molar-refractivity contribution is -0.144. The summed E-state index contributed by atoms with van der Waals surface area (Å²) in [7, 11) is 0. The monoisotopic (exact) mass is 414 g/mol. The number of rotatable bonds is 4. The zero-order valence-corrected chi connectivity index (χ0v) is 16.8. The number of halogens is 1. The summed E-state index contributed by atoms with van der Waals surface area (Å²) < 4.78 is 21.7. The van der Waals surface area contributed by atoms with Gasteiger partial charge in [-0.25, -0.2) is 4.79 Å². The Morgan fingerprint density at radius 2 is 1.83 bits per heavy atom. The van der Waals surface area contributed by atoms with Crippen LogP contribution in [0, 0.1) is 13.8 Å². The summed E-state index contributed by atoms with van der Waals surface area (Å²) in [6.45, 7) is 4.76. The highest BCUT2D eigenvalue weighted by Crippen LogP contribution is 2.38. The van der Waals surface area contributed by atoms with Crippen LogP contribution in [0.3, 0.4) is 0 Å². The third kappa shape index (κ3) is 4.07. The Kier molecular flexibility index (Phi) is 5.20. The van der Waals surface area contributed by atoms with Gasteiger partial charge in [0.15, 0.2) is 11.5 Å². The number of carbonyl (C=O) groups excluding carboxylic acids is 1. The molecule has 4 rings (SSSR count). The molecule has 2 heterocycles. The van der Waals surface area contributed by atoms with Crippen LogP contribution >= 0.6 is 11.6 Å². The van der Waals surface area contributed by atoms with Crippen LogP contribution in [0.4, 0.5) is 0 Å². The van der Waals surface area contributed by atoms with E-state index in [1.54, 1.807) is 12.1 Å². The summed E-state index contributed by atoms with van der Waals surface area (Å²) >= 11 is 6.21. The van der Waals surface area contributed by atoms with Gasteiger partial charge in [-0.3, -0.25) is 4.79 Å². The maximum Gasteiger partial charge on any atom is 0.336 e. The van der Waals surface area contributed by atoms with Crippen molar-refractivity contribution in [3.63, 3.8) is 0 Å². The van der Waals surface area contributed by atoms with Gasteiger partial charge in [0.1, 0.15) is 25.4 Å². The summed E-state index contributed by atoms with van der Waals surface area (Å²) in [4.78, 5) is 24.2. The predicted octanol–water partition coefficient (Wildman–Crippen LogP) is 4.12. The summed E-state index contributed by atoms with van der Waals surface area (Å²) in [6.07, 6.45) is 0.0217. The minimum absolute atomic E-state index is 0.0217. The number of esters is 1. The molecule has 1 aliphatic rings. The van der Waals surface area contributed by atoms with Gasteiger partial charge in [0.25, 0.3) is 0 Å². The van der Waals surface area contributed by atoms with Crippen molar-refractivity contribution in [3.8, 4) is 11.5 Å². The van der Waals surface area contributed by atoms with Crippen LogP contribution in [0.2, 0.25) is 5.02 Å². The van der Waals surface area contributed by atoms with E-state index in [1.807, 2.05) is 26.0 Å². The molecule has 1 aromatic heterocycles. The largest absolute Gasteiger partial charge is 0.486 e. The van der Waals surface area contributed by atoms with E-state index in [9.17, 15) is 9.59 Å². The van der Waals surface area contributed by atoms with Gasteiger partial charge in [0, 0.05) is 17.0 Å². The molecule has 150 valence electrons. The molecule has 0 saturated carbocycles. The first kappa shape index (κ1) is 19.3. The number of carbonyl (C=O) groups is 1. The van der Waals surface area contributed by atoms with Crippen molar-refractivity contribution >= 4 is 28.5 Å². The van der Waals surface area contributed by atoms with Gasteiger partial charge in [0.05, 0.1) is 11.4 Å². The highest BCUT2D eigenvalue weighted by Gasteiger charge is 2.18. The molecule has 0 N–H and O–H groups in total. The average molecular weight is 415 g/mol. The number of benzene rings is 2. The lowest BCUT2D eigenvalue weighted by atomic mass is 10.0. The molecule has 3 aromatic rings. The molecule has 0 atom stereocenters. The highest BCUT2D eigenvalue weighted by molar-refractivity contribution is 6.32. The van der Waals surface area contributed by atoms with Crippen LogP contribution in [0.25, 0.3) is 11.0 Å². The van der Waals surface area contributed by atoms with E-state index in [0.29, 0.717) is 46.4 Å². The van der Waals surface area contributed by atoms with Gasteiger partial charge in [-0.1, -0.05) is 11.6 Å². The van der Waals surface area contributed by atoms with E-state index in [1.165, 1.54) is 6.07 Å². The van der Waals surface area contributed by atoms with Gasteiger partial charge in [0.2, 0.25) is 0 Å². The molecule has 0 saturated heterocycles. The summed E-state index contributed by atoms with van der Waals surface area (Å²) in [5, 5.41) is 1.14. The lowest BCUT2D eigenvalue weighted by Gasteiger charge is -2.20. The molecule has 6 nitrogen and oxygen atoms in total. The molecule has 1 aliphatic heterocycles. The summed E-state index contributed by atoms with van der Waals surface area (Å²) in [5.74, 6) is 0.565. The van der Waals surface area contributed by atoms with Crippen molar-refractivity contribution in [2.24, 2.45) is 0 Å². The molecule has 2 aromatic carbocycles. The van der Waals surface area contributed by atoms with E-state index >= 15 is 0 Å². The Morgan fingerprint density at radius 1 is 1.07 bits per heavy atom. The van der Waals surface area contributed by atoms with Crippen LogP contribution in [-0.4, -0.2) is 19.2 Å². The Bertz CT molecular complexity index is 1160. The third-order valence-corrected chi connectivity index (χ3v) is 5.12. The normalized spacial score (nSPS) is 12.8. The van der Waals surface area contributed by atoms with Crippen LogP contribution in [0.5, 0.6) is 11.5 Å². The fourth-order valence-corrected chi connectivity index (χ4v) is 3.53. The minimum atomic E-state index is -0.481. The molecule has 0 amide bonds. The van der Waals surface area contributed by atoms with Crippen molar-refractivity contribution in [2.75, 3.05) is 13.2 Å². The number of hydrogen-bond acceptors (Lipinski definition) is 6. The van der Waals surface area contributed by atoms with Crippen molar-refractivity contribution in [1.29, 1.82) is 0 Å². The Morgan fingerprint density at radius 3 is 2.66 bits per heavy atom. The zero-order chi connectivity index (χ0) is 20.5. The van der Waals surface area contributed by atoms with Crippen molar-refractivity contribution in [1.82, 2.24) is 0 Å². The average Bonchev–Trinajstić information content (AvgIpc) is 2.67. The van der Waals surface area contributed by atoms with Gasteiger partial charge in [-0.2, -0.15) is 0 Å². The molecule has 7 heteroatoms. The standard InChI is InChI=1S/C22H19ClO6/c1-12-5-16-15(10-21(25)29-18(16)6-13(12)2)11-28-20(24)9-14-7-17(23)22-19(8-14)26-3-4-27-22/h5-8,10H,3-4,9,11H2,1-2H3. The first-order valence-electron chi connectivity index (χ1n) is 9.18. The van der Waals surface area contributed by atoms with E-state index in [2.05, 4.69) is 0 Å². The molecule has 0 aliphatic carbocycles. The van der Waals surface area contributed by atoms with Gasteiger partial charge in [-0.15, -0.1) is 0 Å². The van der Waals surface area contributed by atoms with Crippen molar-refractivity contribution < 1.29 is 23.4 Å². The summed E-state index contributed by atoms with van der Waals surface area (Å²) in [6, 6.07) is 8.48. The fourth-order valence-electron chi connectivity index (χ4n) is 3.24. The molecular weight excluding hydrogens is 396 g/mol. The Hall–Kier alpha value is -2.99. The Balaban J connectivity index is 1.51. The van der Waals surface area contributed by atoms with Crippen LogP contribution in [0.15, 0.2) is 39.5 Å². The maximum atomic E-state index is 12.4. The van der Waals surface area contributed by atoms with E-state index in [0.717, 1.165) is 16.5 Å². The van der Waals surface area contributed by atoms with Crippen LogP contribution in [0.1, 0.15) is 22.3 Å². The van der Waals surface area contributed by atoms with Gasteiger partial charge < -0.3 is 18.6 Å². The first-order valence-corrected chi connectivity index (χ1v) is 9.56. The maximum absolute atomic E-state index is 12.4. The van der Waals surface area contributed by atoms with Crippen LogP contribution in [-0.2, 0) is 22.6 Å². The van der Waals surface area contributed by atoms with Crippen molar-refractivity contribution in [3.05, 3.63) is 68.0 Å². The van der Waals surface area contributed by atoms with Crippen molar-refractivity contribution in [2.45, 2.75) is 26.9 Å². The highest BCUT2D eigenvalue weighted by atomic mass is 35.5. The van der Waals surface area contributed by atoms with E-state index in [4.69, 9.17) is 30.2 Å². The fraction of sp³-hybridized carbons (Fsp3) is 0.273. The number of ether oxygens (including phenoxy) is 3. The van der Waals surface area contributed by atoms with E-state index in [-0.39, 0.29) is 13.0 Å². The lowest BCUT2D eigenvalue weighted by Crippen LogP contribution is -2.16. The number of hydrogen-bond donors (Lipinski definition) is 0. The topological polar surface area (TPSA) is 75.0 Å². The zero-order valence-electron chi connectivity index (χ0n) is 16.0. The molecule has 29 heavy (non-hydrogen) atoms. The third-order valence-electron chi connectivity index (χ3n) is 4.84. The number of aryl methyl sites for hydroxylation is 2. The molecule has 0 unspecified atom stereocenters. The first-order chi connectivity index (χ1) is 13.9. The van der Waals surface area contributed by atoms with Crippen LogP contribution < -0.4 is 15.1 Å². The SMILES string of the molecule is Cc1cc2oc(=O)cc(COC(=O)Cc3cc(Cl)c4c(c3)OCCO4)c2cc1C. The summed E-state index contributed by atoms with van der Waals surface area (Å²) in [5.41, 5.74) is 3.34. The number of fused-ring (bicyclic) bond motifs is 2. The minimum Gasteiger partial charge on any atom is -0.486 e. The van der Waals surface area contributed by atoms with E-state index < -0.39 is 11.6 Å². The second-order valence-corrected chi connectivity index (χ2v) is 7.37.